The molecule has 1 aromatic heterocycles. The van der Waals surface area contributed by atoms with Gasteiger partial charge in [-0.3, -0.25) is 0 Å². The van der Waals surface area contributed by atoms with Gasteiger partial charge in [-0.05, 0) is 12.5 Å². The van der Waals surface area contributed by atoms with Gasteiger partial charge in [-0.15, -0.1) is 0 Å². The molecule has 17 heavy (non-hydrogen) atoms. The average molecular weight is 264 g/mol. The summed E-state index contributed by atoms with van der Waals surface area (Å²) in [5, 5.41) is 3.42. The minimum Gasteiger partial charge on any atom is -0.429 e. The lowest BCUT2D eigenvalue weighted by atomic mass is 10.5. The first-order valence-electron chi connectivity index (χ1n) is 4.55. The molecule has 0 saturated heterocycles. The first kappa shape index (κ1) is 13.5. The van der Waals surface area contributed by atoms with Crippen molar-refractivity contribution in [2.24, 2.45) is 5.16 Å². The molecule has 1 aromatic rings. The minimum absolute atomic E-state index is 0.00117. The Bertz CT molecular complexity index is 441. The first-order chi connectivity index (χ1) is 8.13. The molecule has 1 rings (SSSR count). The third-order valence-corrected chi connectivity index (χ3v) is 2.77. The molecule has 5 nitrogen and oxygen atoms in total. The Labute approximate surface area is 98.6 Å². The SMILES string of the molecule is CON=Cc1cnc(S(=O)CCC=C(F)F)o1. The Hall–Kier alpha value is -1.57. The molecule has 0 radical (unpaired) electrons. The molecule has 0 spiro atoms. The summed E-state index contributed by atoms with van der Waals surface area (Å²) < 4.78 is 40.0. The van der Waals surface area contributed by atoms with Crippen LogP contribution < -0.4 is 0 Å². The van der Waals surface area contributed by atoms with Crippen molar-refractivity contribution in [2.45, 2.75) is 11.6 Å². The van der Waals surface area contributed by atoms with Gasteiger partial charge in [-0.1, -0.05) is 5.16 Å². The van der Waals surface area contributed by atoms with Crippen LogP contribution in [0.1, 0.15) is 12.2 Å². The summed E-state index contributed by atoms with van der Waals surface area (Å²) in [6.45, 7) is 0. The monoisotopic (exact) mass is 264 g/mol. The smallest absolute Gasteiger partial charge is 0.287 e. The Morgan fingerprint density at radius 1 is 1.71 bits per heavy atom. The Kier molecular flexibility index (Phi) is 5.47. The molecule has 0 aliphatic heterocycles. The van der Waals surface area contributed by atoms with E-state index in [1.54, 1.807) is 0 Å². The van der Waals surface area contributed by atoms with Crippen molar-refractivity contribution in [1.29, 1.82) is 0 Å². The number of rotatable bonds is 6. The van der Waals surface area contributed by atoms with Crippen LogP contribution in [0, 0.1) is 0 Å². The normalized spacial score (nSPS) is 12.6. The molecule has 1 heterocycles. The second-order valence-corrected chi connectivity index (χ2v) is 4.23. The van der Waals surface area contributed by atoms with Crippen LogP contribution in [0.3, 0.4) is 0 Å². The Morgan fingerprint density at radius 2 is 2.47 bits per heavy atom. The van der Waals surface area contributed by atoms with Gasteiger partial charge in [-0.2, -0.15) is 8.78 Å². The zero-order chi connectivity index (χ0) is 12.7. The third kappa shape index (κ3) is 4.85. The van der Waals surface area contributed by atoms with Crippen LogP contribution in [-0.2, 0) is 15.6 Å². The van der Waals surface area contributed by atoms with Crippen molar-refractivity contribution < 1.29 is 22.2 Å². The van der Waals surface area contributed by atoms with E-state index in [1.165, 1.54) is 19.5 Å². The second kappa shape index (κ2) is 6.89. The Balaban J connectivity index is 2.55. The summed E-state index contributed by atoms with van der Waals surface area (Å²) in [5.74, 6) is 0.307. The van der Waals surface area contributed by atoms with Crippen LogP contribution >= 0.6 is 0 Å². The van der Waals surface area contributed by atoms with E-state index < -0.39 is 16.9 Å². The summed E-state index contributed by atoms with van der Waals surface area (Å²) in [4.78, 5) is 8.17. The number of hydrogen-bond donors (Lipinski definition) is 0. The van der Waals surface area contributed by atoms with Crippen LogP contribution in [0.15, 0.2) is 33.1 Å². The third-order valence-electron chi connectivity index (χ3n) is 1.58. The lowest BCUT2D eigenvalue weighted by Gasteiger charge is -1.92. The fraction of sp³-hybridized carbons (Fsp3) is 0.333. The number of halogens is 2. The molecule has 94 valence electrons. The lowest BCUT2D eigenvalue weighted by molar-refractivity contribution is 0.215. The number of oxime groups is 1. The van der Waals surface area contributed by atoms with Gasteiger partial charge in [0.1, 0.15) is 24.1 Å². The predicted octanol–water partition coefficient (Wildman–Crippen LogP) is 1.93. The predicted molar refractivity (Wildman–Crippen MR) is 57.3 cm³/mol. The molecule has 0 saturated carbocycles. The van der Waals surface area contributed by atoms with E-state index >= 15 is 0 Å². The number of hydrogen-bond acceptors (Lipinski definition) is 5. The second-order valence-electron chi connectivity index (χ2n) is 2.78. The first-order valence-corrected chi connectivity index (χ1v) is 5.87. The van der Waals surface area contributed by atoms with Gasteiger partial charge in [0.15, 0.2) is 5.76 Å². The fourth-order valence-electron chi connectivity index (χ4n) is 0.902. The molecule has 0 aliphatic carbocycles. The topological polar surface area (TPSA) is 64.7 Å². The van der Waals surface area contributed by atoms with Gasteiger partial charge in [0.2, 0.25) is 0 Å². The van der Waals surface area contributed by atoms with Crippen molar-refractivity contribution >= 4 is 17.0 Å². The van der Waals surface area contributed by atoms with E-state index in [0.717, 1.165) is 0 Å². The van der Waals surface area contributed by atoms with Crippen LogP contribution in [-0.4, -0.2) is 28.3 Å². The van der Waals surface area contributed by atoms with Gasteiger partial charge in [0, 0.05) is 5.75 Å². The van der Waals surface area contributed by atoms with Crippen LogP contribution in [0.5, 0.6) is 0 Å². The number of allylic oxidation sites excluding steroid dienone is 1. The van der Waals surface area contributed by atoms with Crippen molar-refractivity contribution in [1.82, 2.24) is 4.98 Å². The van der Waals surface area contributed by atoms with Gasteiger partial charge in [-0.25, -0.2) is 9.19 Å². The maximum absolute atomic E-state index is 11.7. The quantitative estimate of drug-likeness (QED) is 0.581. The molecule has 0 aliphatic rings. The minimum atomic E-state index is -1.79. The van der Waals surface area contributed by atoms with Crippen molar-refractivity contribution in [3.05, 3.63) is 24.1 Å². The molecule has 8 heteroatoms. The number of oxazole rings is 1. The van der Waals surface area contributed by atoms with E-state index in [-0.39, 0.29) is 23.2 Å². The van der Waals surface area contributed by atoms with Crippen molar-refractivity contribution in [3.8, 4) is 0 Å². The number of aromatic nitrogens is 1. The van der Waals surface area contributed by atoms with Crippen LogP contribution in [0.25, 0.3) is 0 Å². The highest BCUT2D eigenvalue weighted by Gasteiger charge is 2.10. The highest BCUT2D eigenvalue weighted by molar-refractivity contribution is 7.84. The number of nitrogens with zero attached hydrogens (tertiary/aromatic N) is 2. The van der Waals surface area contributed by atoms with E-state index in [1.807, 2.05) is 0 Å². The fourth-order valence-corrected chi connectivity index (χ4v) is 1.77. The summed E-state index contributed by atoms with van der Waals surface area (Å²) >= 11 is 0. The lowest BCUT2D eigenvalue weighted by Crippen LogP contribution is -1.97. The maximum atomic E-state index is 11.7. The summed E-state index contributed by atoms with van der Waals surface area (Å²) in [7, 11) is -0.178. The van der Waals surface area contributed by atoms with Gasteiger partial charge in [0.25, 0.3) is 11.3 Å². The molecule has 0 fully saturated rings. The van der Waals surface area contributed by atoms with E-state index in [4.69, 9.17) is 4.42 Å². The van der Waals surface area contributed by atoms with Crippen LogP contribution in [0.4, 0.5) is 8.78 Å². The zero-order valence-electron chi connectivity index (χ0n) is 8.93. The largest absolute Gasteiger partial charge is 0.429 e. The molecule has 0 aromatic carbocycles. The summed E-state index contributed by atoms with van der Waals surface area (Å²) in [6.07, 6.45) is 1.49. The maximum Gasteiger partial charge on any atom is 0.287 e. The summed E-state index contributed by atoms with van der Waals surface area (Å²) in [5.41, 5.74) is 0. The Morgan fingerprint density at radius 3 is 3.12 bits per heavy atom. The van der Waals surface area contributed by atoms with Gasteiger partial charge >= 0.3 is 0 Å². The van der Waals surface area contributed by atoms with Gasteiger partial charge < -0.3 is 9.25 Å². The zero-order valence-corrected chi connectivity index (χ0v) is 9.75. The van der Waals surface area contributed by atoms with E-state index in [2.05, 4.69) is 15.0 Å². The highest BCUT2D eigenvalue weighted by Crippen LogP contribution is 2.09. The van der Waals surface area contributed by atoms with Gasteiger partial charge in [0.05, 0.1) is 6.20 Å². The van der Waals surface area contributed by atoms with Crippen LogP contribution in [0.2, 0.25) is 0 Å². The standard InChI is InChI=1S/C9H10F2N2O3S/c1-15-13-6-7-5-12-9(16-7)17(14)4-2-3-8(10)11/h3,5-6H,2,4H2,1H3. The average Bonchev–Trinajstić information content (AvgIpc) is 2.74. The molecule has 0 amide bonds. The van der Waals surface area contributed by atoms with Crippen molar-refractivity contribution in [2.75, 3.05) is 12.9 Å². The molecule has 1 unspecified atom stereocenters. The molecular weight excluding hydrogens is 254 g/mol. The molecule has 0 bridgehead atoms. The molecule has 1 atom stereocenters. The van der Waals surface area contributed by atoms with E-state index in [0.29, 0.717) is 6.08 Å². The van der Waals surface area contributed by atoms with Crippen molar-refractivity contribution in [3.63, 3.8) is 0 Å². The molecule has 0 N–H and O–H groups in total. The highest BCUT2D eigenvalue weighted by atomic mass is 32.2. The van der Waals surface area contributed by atoms with E-state index in [9.17, 15) is 13.0 Å². The summed E-state index contributed by atoms with van der Waals surface area (Å²) in [6, 6.07) is 0. The molecular formula is C9H10F2N2O3S.